The van der Waals surface area contributed by atoms with Crippen molar-refractivity contribution in [1.82, 2.24) is 0 Å². The topological polar surface area (TPSA) is 107 Å². The Bertz CT molecular complexity index is 999. The summed E-state index contributed by atoms with van der Waals surface area (Å²) in [6.07, 6.45) is 0.443. The summed E-state index contributed by atoms with van der Waals surface area (Å²) < 4.78 is 27.8. The fourth-order valence-electron chi connectivity index (χ4n) is 3.09. The third-order valence-corrected chi connectivity index (χ3v) is 6.48. The largest absolute Gasteiger partial charge is 0.457 e. The second-order valence-electron chi connectivity index (χ2n) is 6.95. The van der Waals surface area contributed by atoms with Crippen molar-refractivity contribution in [2.24, 2.45) is 5.92 Å². The van der Waals surface area contributed by atoms with Gasteiger partial charge in [-0.25, -0.2) is 8.42 Å². The van der Waals surface area contributed by atoms with Crippen LogP contribution in [0, 0.1) is 5.92 Å². The van der Waals surface area contributed by atoms with Crippen LogP contribution >= 0.6 is 0 Å². The Morgan fingerprint density at radius 1 is 0.966 bits per heavy atom. The first-order valence-corrected chi connectivity index (χ1v) is 11.0. The minimum absolute atomic E-state index is 0.00301. The van der Waals surface area contributed by atoms with Gasteiger partial charge < -0.3 is 10.1 Å². The van der Waals surface area contributed by atoms with Crippen LogP contribution in [0.1, 0.15) is 33.6 Å². The molecule has 2 aromatic carbocycles. The average Bonchev–Trinajstić information content (AvgIpc) is 3.05. The second-order valence-corrected chi connectivity index (χ2v) is 9.18. The molecule has 7 nitrogen and oxygen atoms in total. The van der Waals surface area contributed by atoms with E-state index in [1.54, 1.807) is 48.5 Å². The summed E-state index contributed by atoms with van der Waals surface area (Å²) in [6, 6.07) is 15.0. The molecule has 1 amide bonds. The second kappa shape index (κ2) is 9.00. The molecule has 1 saturated heterocycles. The number of carbonyl (C=O) groups excluding carboxylic acids is 3. The van der Waals surface area contributed by atoms with E-state index in [-0.39, 0.29) is 35.5 Å². The first kappa shape index (κ1) is 20.7. The van der Waals surface area contributed by atoms with Crippen molar-refractivity contribution in [2.45, 2.75) is 12.8 Å². The van der Waals surface area contributed by atoms with Crippen molar-refractivity contribution in [3.05, 3.63) is 65.7 Å². The first-order chi connectivity index (χ1) is 13.8. The molecule has 152 valence electrons. The Labute approximate surface area is 169 Å². The molecule has 0 aliphatic carbocycles. The van der Waals surface area contributed by atoms with Gasteiger partial charge in [0.25, 0.3) is 5.91 Å². The highest BCUT2D eigenvalue weighted by Gasteiger charge is 2.30. The third kappa shape index (κ3) is 5.99. The van der Waals surface area contributed by atoms with Gasteiger partial charge in [0.1, 0.15) is 0 Å². The lowest BCUT2D eigenvalue weighted by atomic mass is 10.1. The molecule has 1 atom stereocenters. The Kier molecular flexibility index (Phi) is 6.43. The number of benzene rings is 2. The van der Waals surface area contributed by atoms with Crippen molar-refractivity contribution in [3.8, 4) is 0 Å². The van der Waals surface area contributed by atoms with Gasteiger partial charge in [-0.05, 0) is 48.7 Å². The molecule has 0 aromatic heterocycles. The van der Waals surface area contributed by atoms with Gasteiger partial charge in [0.05, 0.1) is 11.5 Å². The maximum atomic E-state index is 12.2. The van der Waals surface area contributed by atoms with Crippen LogP contribution in [-0.2, 0) is 19.4 Å². The molecule has 29 heavy (non-hydrogen) atoms. The highest BCUT2D eigenvalue weighted by Crippen LogP contribution is 2.22. The molecule has 3 rings (SSSR count). The summed E-state index contributed by atoms with van der Waals surface area (Å²) in [5.41, 5.74) is 1.41. The van der Waals surface area contributed by atoms with Crippen molar-refractivity contribution in [3.63, 3.8) is 0 Å². The van der Waals surface area contributed by atoms with E-state index in [9.17, 15) is 22.8 Å². The maximum Gasteiger partial charge on any atom is 0.306 e. The standard InChI is InChI=1S/C21H21NO6S/c23-19(13-28-20(24)12-15-10-11-29(26,27)14-15)16-6-8-18(9-7-16)22-21(25)17-4-2-1-3-5-17/h1-9,15H,10-14H2,(H,22,25)/t15-/m1/s1. The van der Waals surface area contributed by atoms with Crippen LogP contribution < -0.4 is 5.32 Å². The Morgan fingerprint density at radius 2 is 1.66 bits per heavy atom. The van der Waals surface area contributed by atoms with Gasteiger partial charge in [-0.15, -0.1) is 0 Å². The molecule has 0 spiro atoms. The van der Waals surface area contributed by atoms with E-state index < -0.39 is 22.4 Å². The quantitative estimate of drug-likeness (QED) is 0.550. The van der Waals surface area contributed by atoms with Gasteiger partial charge >= 0.3 is 5.97 Å². The molecule has 1 aliphatic heterocycles. The molecule has 8 heteroatoms. The molecule has 1 N–H and O–H groups in total. The molecule has 0 unspecified atom stereocenters. The van der Waals surface area contributed by atoms with Crippen molar-refractivity contribution < 1.29 is 27.5 Å². The van der Waals surface area contributed by atoms with E-state index in [1.807, 2.05) is 6.07 Å². The van der Waals surface area contributed by atoms with Crippen LogP contribution in [-0.4, -0.2) is 44.2 Å². The number of hydrogen-bond donors (Lipinski definition) is 1. The van der Waals surface area contributed by atoms with Crippen LogP contribution in [0.15, 0.2) is 54.6 Å². The predicted octanol–water partition coefficient (Wildman–Crippen LogP) is 2.49. The summed E-state index contributed by atoms with van der Waals surface area (Å²) >= 11 is 0. The summed E-state index contributed by atoms with van der Waals surface area (Å²) in [7, 11) is -3.05. The molecule has 0 radical (unpaired) electrons. The lowest BCUT2D eigenvalue weighted by molar-refractivity contribution is -0.143. The van der Waals surface area contributed by atoms with Crippen LogP contribution in [0.2, 0.25) is 0 Å². The van der Waals surface area contributed by atoms with Gasteiger partial charge in [0, 0.05) is 23.2 Å². The van der Waals surface area contributed by atoms with Gasteiger partial charge in [0.15, 0.2) is 22.2 Å². The van der Waals surface area contributed by atoms with Crippen LogP contribution in [0.25, 0.3) is 0 Å². The minimum atomic E-state index is -3.05. The van der Waals surface area contributed by atoms with E-state index in [0.29, 0.717) is 23.2 Å². The number of carbonyl (C=O) groups is 3. The number of ketones is 1. The molecular formula is C21H21NO6S. The normalized spacial score (nSPS) is 17.4. The molecule has 0 bridgehead atoms. The lowest BCUT2D eigenvalue weighted by Crippen LogP contribution is -2.17. The molecule has 1 aliphatic rings. The average molecular weight is 415 g/mol. The van der Waals surface area contributed by atoms with Crippen LogP contribution in [0.3, 0.4) is 0 Å². The number of ether oxygens (including phenoxy) is 1. The zero-order chi connectivity index (χ0) is 20.9. The number of hydrogen-bond acceptors (Lipinski definition) is 6. The number of esters is 1. The molecule has 1 fully saturated rings. The van der Waals surface area contributed by atoms with Crippen LogP contribution in [0.5, 0.6) is 0 Å². The molecule has 0 saturated carbocycles. The number of rotatable bonds is 7. The molecular weight excluding hydrogens is 394 g/mol. The van der Waals surface area contributed by atoms with Crippen molar-refractivity contribution in [1.29, 1.82) is 0 Å². The first-order valence-electron chi connectivity index (χ1n) is 9.18. The van der Waals surface area contributed by atoms with Crippen molar-refractivity contribution in [2.75, 3.05) is 23.4 Å². The van der Waals surface area contributed by atoms with E-state index in [0.717, 1.165) is 0 Å². The summed E-state index contributed by atoms with van der Waals surface area (Å²) in [6.45, 7) is -0.409. The van der Waals surface area contributed by atoms with Crippen LogP contribution in [0.4, 0.5) is 5.69 Å². The maximum absolute atomic E-state index is 12.2. The summed E-state index contributed by atoms with van der Waals surface area (Å²) in [5, 5.41) is 2.74. The number of anilines is 1. The number of nitrogens with one attached hydrogen (secondary N) is 1. The van der Waals surface area contributed by atoms with E-state index in [1.165, 1.54) is 0 Å². The Hall–Kier alpha value is -3.00. The van der Waals surface area contributed by atoms with Gasteiger partial charge in [0.2, 0.25) is 0 Å². The fraction of sp³-hybridized carbons (Fsp3) is 0.286. The predicted molar refractivity (Wildman–Crippen MR) is 108 cm³/mol. The lowest BCUT2D eigenvalue weighted by Gasteiger charge is -2.09. The highest BCUT2D eigenvalue weighted by molar-refractivity contribution is 7.91. The summed E-state index contributed by atoms with van der Waals surface area (Å²) in [5.74, 6) is -1.36. The monoisotopic (exact) mass is 415 g/mol. The number of sulfone groups is 1. The van der Waals surface area contributed by atoms with Gasteiger partial charge in [-0.1, -0.05) is 18.2 Å². The SMILES string of the molecule is O=C(C[C@H]1CCS(=O)(=O)C1)OCC(=O)c1ccc(NC(=O)c2ccccc2)cc1. The summed E-state index contributed by atoms with van der Waals surface area (Å²) in [4.78, 5) is 36.1. The van der Waals surface area contributed by atoms with E-state index in [4.69, 9.17) is 4.74 Å². The number of amides is 1. The Morgan fingerprint density at radius 3 is 2.28 bits per heavy atom. The Balaban J connectivity index is 1.47. The van der Waals surface area contributed by atoms with E-state index in [2.05, 4.69) is 5.32 Å². The smallest absolute Gasteiger partial charge is 0.306 e. The number of Topliss-reactive ketones (excluding diaryl/α,β-unsaturated/α-hetero) is 1. The highest BCUT2D eigenvalue weighted by atomic mass is 32.2. The zero-order valence-electron chi connectivity index (χ0n) is 15.7. The third-order valence-electron chi connectivity index (χ3n) is 4.65. The van der Waals surface area contributed by atoms with E-state index >= 15 is 0 Å². The minimum Gasteiger partial charge on any atom is -0.457 e. The van der Waals surface area contributed by atoms with Gasteiger partial charge in [-0.3, -0.25) is 14.4 Å². The van der Waals surface area contributed by atoms with Gasteiger partial charge in [-0.2, -0.15) is 0 Å². The fourth-order valence-corrected chi connectivity index (χ4v) is 4.95. The molecule has 2 aromatic rings. The van der Waals surface area contributed by atoms with Crippen molar-refractivity contribution >= 4 is 33.2 Å². The zero-order valence-corrected chi connectivity index (χ0v) is 16.5. The molecule has 1 heterocycles.